The van der Waals surface area contributed by atoms with Crippen molar-refractivity contribution in [1.29, 1.82) is 0 Å². The lowest BCUT2D eigenvalue weighted by Gasteiger charge is -2.01. The molecule has 0 bridgehead atoms. The summed E-state index contributed by atoms with van der Waals surface area (Å²) in [5, 5.41) is 19.6. The van der Waals surface area contributed by atoms with Gasteiger partial charge >= 0.3 is 0 Å². The van der Waals surface area contributed by atoms with Gasteiger partial charge in [-0.25, -0.2) is 0 Å². The van der Waals surface area contributed by atoms with Crippen molar-refractivity contribution in [1.82, 2.24) is 0 Å². The van der Waals surface area contributed by atoms with Gasteiger partial charge in [0.1, 0.15) is 11.3 Å². The molecular weight excluding hydrogens is 240 g/mol. The Kier molecular flexibility index (Phi) is 3.07. The zero-order chi connectivity index (χ0) is 13.2. The van der Waals surface area contributed by atoms with Crippen LogP contribution in [0.1, 0.15) is 11.1 Å². The van der Waals surface area contributed by atoms with Gasteiger partial charge in [0.25, 0.3) is 0 Å². The highest BCUT2D eigenvalue weighted by Gasteiger charge is 2.14. The summed E-state index contributed by atoms with van der Waals surface area (Å²) in [6.45, 7) is -0.0403. The highest BCUT2D eigenvalue weighted by molar-refractivity contribution is 5.87. The Morgan fingerprint density at radius 2 is 1.58 bits per heavy atom. The minimum absolute atomic E-state index is 0.0211. The van der Waals surface area contributed by atoms with E-state index in [1.54, 1.807) is 0 Å². The Labute approximate surface area is 110 Å². The van der Waals surface area contributed by atoms with Crippen LogP contribution in [0.25, 0.3) is 22.3 Å². The average Bonchev–Trinajstić information content (AvgIpc) is 2.85. The van der Waals surface area contributed by atoms with Gasteiger partial charge in [-0.05, 0) is 11.6 Å². The van der Waals surface area contributed by atoms with Crippen LogP contribution in [0, 0.1) is 0 Å². The minimum Gasteiger partial charge on any atom is -0.456 e. The van der Waals surface area contributed by atoms with Crippen molar-refractivity contribution in [2.24, 2.45) is 0 Å². The van der Waals surface area contributed by atoms with Crippen LogP contribution in [0.15, 0.2) is 52.9 Å². The van der Waals surface area contributed by atoms with Crippen molar-refractivity contribution in [2.45, 2.75) is 13.2 Å². The summed E-state index contributed by atoms with van der Waals surface area (Å²) < 4.78 is 5.83. The third-order valence-corrected chi connectivity index (χ3v) is 3.26. The first-order valence-corrected chi connectivity index (χ1v) is 6.15. The minimum atomic E-state index is -0.0614. The molecule has 0 aliphatic heterocycles. The quantitative estimate of drug-likeness (QED) is 0.755. The summed E-state index contributed by atoms with van der Waals surface area (Å²) in [4.78, 5) is 0. The molecule has 0 saturated carbocycles. The molecule has 19 heavy (non-hydrogen) atoms. The molecule has 0 atom stereocenters. The lowest BCUT2D eigenvalue weighted by Crippen LogP contribution is -1.86. The molecule has 0 saturated heterocycles. The van der Waals surface area contributed by atoms with Crippen molar-refractivity contribution in [3.8, 4) is 11.3 Å². The van der Waals surface area contributed by atoms with Crippen LogP contribution >= 0.6 is 0 Å². The third-order valence-electron chi connectivity index (χ3n) is 3.26. The fourth-order valence-electron chi connectivity index (χ4n) is 2.25. The van der Waals surface area contributed by atoms with Crippen molar-refractivity contribution in [3.63, 3.8) is 0 Å². The summed E-state index contributed by atoms with van der Waals surface area (Å²) >= 11 is 0. The van der Waals surface area contributed by atoms with Gasteiger partial charge in [-0.2, -0.15) is 0 Å². The zero-order valence-corrected chi connectivity index (χ0v) is 10.3. The molecule has 2 N–H and O–H groups in total. The van der Waals surface area contributed by atoms with E-state index in [1.807, 2.05) is 48.5 Å². The van der Waals surface area contributed by atoms with E-state index in [-0.39, 0.29) is 13.2 Å². The first kappa shape index (κ1) is 12.0. The van der Waals surface area contributed by atoms with E-state index in [2.05, 4.69) is 0 Å². The van der Waals surface area contributed by atoms with Crippen LogP contribution < -0.4 is 0 Å². The molecule has 3 aromatic rings. The fraction of sp³-hybridized carbons (Fsp3) is 0.125. The van der Waals surface area contributed by atoms with Crippen molar-refractivity contribution < 1.29 is 14.6 Å². The molecular formula is C16H14O3. The first-order chi connectivity index (χ1) is 9.33. The maximum absolute atomic E-state index is 9.57. The van der Waals surface area contributed by atoms with E-state index in [9.17, 15) is 5.11 Å². The zero-order valence-electron chi connectivity index (χ0n) is 10.3. The highest BCUT2D eigenvalue weighted by Crippen LogP contribution is 2.33. The van der Waals surface area contributed by atoms with Crippen molar-refractivity contribution >= 4 is 11.0 Å². The molecule has 0 amide bonds. The number of para-hydroxylation sites is 1. The van der Waals surface area contributed by atoms with Crippen LogP contribution in [0.4, 0.5) is 0 Å². The van der Waals surface area contributed by atoms with E-state index >= 15 is 0 Å². The lowest BCUT2D eigenvalue weighted by atomic mass is 10.0. The molecule has 3 rings (SSSR count). The second-order valence-electron chi connectivity index (χ2n) is 4.42. The van der Waals surface area contributed by atoms with E-state index in [1.165, 1.54) is 0 Å². The van der Waals surface area contributed by atoms with Gasteiger partial charge in [-0.3, -0.25) is 0 Å². The summed E-state index contributed by atoms with van der Waals surface area (Å²) in [5.41, 5.74) is 3.32. The number of furan rings is 1. The fourth-order valence-corrected chi connectivity index (χ4v) is 2.25. The van der Waals surface area contributed by atoms with Crippen molar-refractivity contribution in [2.75, 3.05) is 0 Å². The molecule has 1 heterocycles. The van der Waals surface area contributed by atoms with E-state index < -0.39 is 0 Å². The molecule has 0 aliphatic carbocycles. The number of hydrogen-bond acceptors (Lipinski definition) is 3. The Morgan fingerprint density at radius 1 is 0.842 bits per heavy atom. The topological polar surface area (TPSA) is 53.6 Å². The predicted octanol–water partition coefficient (Wildman–Crippen LogP) is 3.08. The average molecular weight is 254 g/mol. The van der Waals surface area contributed by atoms with Crippen LogP contribution in [0.3, 0.4) is 0 Å². The SMILES string of the molecule is OCc1ccc(-c2oc3ccccc3c2CO)cc1. The van der Waals surface area contributed by atoms with Gasteiger partial charge in [0.05, 0.1) is 13.2 Å². The summed E-state index contributed by atoms with van der Waals surface area (Å²) in [7, 11) is 0. The van der Waals surface area contributed by atoms with Gasteiger partial charge in [0, 0.05) is 16.5 Å². The number of hydrogen-bond donors (Lipinski definition) is 2. The Hall–Kier alpha value is -2.10. The molecule has 0 radical (unpaired) electrons. The Bertz CT molecular complexity index is 696. The number of benzene rings is 2. The smallest absolute Gasteiger partial charge is 0.140 e. The summed E-state index contributed by atoms with van der Waals surface area (Å²) in [6.07, 6.45) is 0. The number of aliphatic hydroxyl groups excluding tert-OH is 2. The highest BCUT2D eigenvalue weighted by atomic mass is 16.3. The molecule has 3 nitrogen and oxygen atoms in total. The molecule has 0 unspecified atom stereocenters. The lowest BCUT2D eigenvalue weighted by molar-refractivity contribution is 0.281. The molecule has 0 fully saturated rings. The van der Waals surface area contributed by atoms with Crippen molar-refractivity contribution in [3.05, 3.63) is 59.7 Å². The monoisotopic (exact) mass is 254 g/mol. The largest absolute Gasteiger partial charge is 0.456 e. The van der Waals surface area contributed by atoms with Crippen LogP contribution in [-0.2, 0) is 13.2 Å². The van der Waals surface area contributed by atoms with Gasteiger partial charge in [0.15, 0.2) is 0 Å². The number of fused-ring (bicyclic) bond motifs is 1. The van der Waals surface area contributed by atoms with Gasteiger partial charge in [-0.15, -0.1) is 0 Å². The summed E-state index contributed by atoms with van der Waals surface area (Å²) in [5.74, 6) is 0.688. The first-order valence-electron chi connectivity index (χ1n) is 6.15. The maximum Gasteiger partial charge on any atom is 0.140 e. The van der Waals surface area contributed by atoms with Crippen LogP contribution in [0.2, 0.25) is 0 Å². The molecule has 0 spiro atoms. The van der Waals surface area contributed by atoms with E-state index in [4.69, 9.17) is 9.52 Å². The van der Waals surface area contributed by atoms with Gasteiger partial charge in [-0.1, -0.05) is 42.5 Å². The molecule has 3 heteroatoms. The van der Waals surface area contributed by atoms with E-state index in [0.717, 1.165) is 27.7 Å². The normalized spacial score (nSPS) is 11.1. The second-order valence-corrected chi connectivity index (χ2v) is 4.42. The van der Waals surface area contributed by atoms with Gasteiger partial charge < -0.3 is 14.6 Å². The Balaban J connectivity index is 2.17. The van der Waals surface area contributed by atoms with Crippen LogP contribution in [-0.4, -0.2) is 10.2 Å². The molecule has 2 aromatic carbocycles. The van der Waals surface area contributed by atoms with Gasteiger partial charge in [0.2, 0.25) is 0 Å². The summed E-state index contributed by atoms with van der Waals surface area (Å²) in [6, 6.07) is 15.1. The Morgan fingerprint density at radius 3 is 2.26 bits per heavy atom. The van der Waals surface area contributed by atoms with E-state index in [0.29, 0.717) is 5.76 Å². The van der Waals surface area contributed by atoms with Crippen LogP contribution in [0.5, 0.6) is 0 Å². The molecule has 96 valence electrons. The predicted molar refractivity (Wildman–Crippen MR) is 73.5 cm³/mol. The third kappa shape index (κ3) is 2.03. The molecule has 1 aromatic heterocycles. The number of aliphatic hydroxyl groups is 2. The second kappa shape index (κ2) is 4.88. The number of rotatable bonds is 3. The standard InChI is InChI=1S/C16H14O3/c17-9-11-5-7-12(8-6-11)16-14(10-18)13-3-1-2-4-15(13)19-16/h1-8,17-18H,9-10H2. The molecule has 0 aliphatic rings. The maximum atomic E-state index is 9.57.